The van der Waals surface area contributed by atoms with E-state index in [0.29, 0.717) is 21.8 Å². The summed E-state index contributed by atoms with van der Waals surface area (Å²) in [7, 11) is 2.07. The number of nitriles is 1. The van der Waals surface area contributed by atoms with Gasteiger partial charge in [-0.3, -0.25) is 0 Å². The Bertz CT molecular complexity index is 1190. The molecule has 1 N–H and O–H groups in total. The van der Waals surface area contributed by atoms with Crippen molar-refractivity contribution in [1.82, 2.24) is 4.90 Å². The lowest BCUT2D eigenvalue weighted by Gasteiger charge is -2.21. The van der Waals surface area contributed by atoms with Crippen LogP contribution in [0.5, 0.6) is 5.75 Å². The molecular weight excluding hydrogens is 462 g/mol. The Morgan fingerprint density at radius 1 is 1.20 bits per heavy atom. The van der Waals surface area contributed by atoms with Crippen molar-refractivity contribution in [3.63, 3.8) is 0 Å². The lowest BCUT2D eigenvalue weighted by atomic mass is 10.0. The van der Waals surface area contributed by atoms with Gasteiger partial charge in [0, 0.05) is 34.2 Å². The smallest absolute Gasteiger partial charge is 0.134 e. The number of benzene rings is 2. The van der Waals surface area contributed by atoms with Gasteiger partial charge >= 0.3 is 0 Å². The summed E-state index contributed by atoms with van der Waals surface area (Å²) in [6, 6.07) is 14.8. The zero-order valence-electron chi connectivity index (χ0n) is 16.2. The van der Waals surface area contributed by atoms with E-state index in [4.69, 9.17) is 0 Å². The van der Waals surface area contributed by atoms with Crippen LogP contribution in [0.25, 0.3) is 0 Å². The van der Waals surface area contributed by atoms with Crippen molar-refractivity contribution in [1.29, 1.82) is 5.26 Å². The fourth-order valence-electron chi connectivity index (χ4n) is 3.21. The molecule has 1 aliphatic heterocycles. The van der Waals surface area contributed by atoms with Crippen molar-refractivity contribution in [2.45, 2.75) is 13.0 Å². The highest BCUT2D eigenvalue weighted by atomic mass is 79.9. The normalized spacial score (nSPS) is 14.3. The van der Waals surface area contributed by atoms with Gasteiger partial charge in [-0.15, -0.1) is 11.3 Å². The zero-order chi connectivity index (χ0) is 21.1. The molecule has 6 nitrogen and oxygen atoms in total. The van der Waals surface area contributed by atoms with E-state index in [1.807, 2.05) is 24.3 Å². The Kier molecular flexibility index (Phi) is 6.04. The SMILES string of the molecule is CN1CCc2c(sc(/N=C/c3cc(N=Nc4cccc(Br)c4)ccc3O)c2C#N)C1. The highest BCUT2D eigenvalue weighted by Crippen LogP contribution is 2.38. The summed E-state index contributed by atoms with van der Waals surface area (Å²) < 4.78 is 0.926. The summed E-state index contributed by atoms with van der Waals surface area (Å²) in [5, 5.41) is 29.0. The van der Waals surface area contributed by atoms with E-state index in [9.17, 15) is 10.4 Å². The van der Waals surface area contributed by atoms with Gasteiger partial charge in [-0.25, -0.2) is 4.99 Å². The molecule has 0 aliphatic carbocycles. The second kappa shape index (κ2) is 8.88. The van der Waals surface area contributed by atoms with E-state index >= 15 is 0 Å². The lowest BCUT2D eigenvalue weighted by Crippen LogP contribution is -2.25. The Balaban J connectivity index is 1.60. The number of phenolic OH excluding ortho intramolecular Hbond substituents is 1. The first-order chi connectivity index (χ1) is 14.5. The van der Waals surface area contributed by atoms with Gasteiger partial charge in [0.2, 0.25) is 0 Å². The highest BCUT2D eigenvalue weighted by Gasteiger charge is 2.22. The number of halogens is 1. The van der Waals surface area contributed by atoms with Crippen LogP contribution in [0.3, 0.4) is 0 Å². The first kappa shape index (κ1) is 20.4. The van der Waals surface area contributed by atoms with Gasteiger partial charge in [0.25, 0.3) is 0 Å². The predicted molar refractivity (Wildman–Crippen MR) is 123 cm³/mol. The van der Waals surface area contributed by atoms with Crippen LogP contribution in [0.1, 0.15) is 21.6 Å². The summed E-state index contributed by atoms with van der Waals surface area (Å²) in [6.45, 7) is 1.77. The van der Waals surface area contributed by atoms with Crippen LogP contribution < -0.4 is 0 Å². The number of hydrogen-bond donors (Lipinski definition) is 1. The van der Waals surface area contributed by atoms with Gasteiger partial charge in [-0.05, 0) is 55.4 Å². The molecule has 1 aromatic heterocycles. The van der Waals surface area contributed by atoms with Crippen LogP contribution in [0, 0.1) is 11.3 Å². The number of phenols is 1. The number of azo groups is 1. The van der Waals surface area contributed by atoms with Crippen molar-refractivity contribution in [2.75, 3.05) is 13.6 Å². The molecule has 0 unspecified atom stereocenters. The minimum absolute atomic E-state index is 0.0970. The first-order valence-electron chi connectivity index (χ1n) is 9.31. The second-order valence-electron chi connectivity index (χ2n) is 6.96. The quantitative estimate of drug-likeness (QED) is 0.354. The molecule has 0 atom stereocenters. The van der Waals surface area contributed by atoms with Crippen LogP contribution >= 0.6 is 27.3 Å². The van der Waals surface area contributed by atoms with Crippen molar-refractivity contribution in [2.24, 2.45) is 15.2 Å². The third-order valence-electron chi connectivity index (χ3n) is 4.76. The van der Waals surface area contributed by atoms with Gasteiger partial charge in [-0.2, -0.15) is 15.5 Å². The summed E-state index contributed by atoms with van der Waals surface area (Å²) in [5.74, 6) is 0.0970. The van der Waals surface area contributed by atoms with Gasteiger partial charge in [-0.1, -0.05) is 22.0 Å². The average molecular weight is 480 g/mol. The first-order valence-corrected chi connectivity index (χ1v) is 10.9. The van der Waals surface area contributed by atoms with Crippen LogP contribution in [-0.2, 0) is 13.0 Å². The van der Waals surface area contributed by atoms with Gasteiger partial charge < -0.3 is 10.0 Å². The van der Waals surface area contributed by atoms with Gasteiger partial charge in [0.15, 0.2) is 0 Å². The van der Waals surface area contributed by atoms with Crippen LogP contribution in [0.2, 0.25) is 0 Å². The molecule has 0 saturated carbocycles. The largest absolute Gasteiger partial charge is 0.507 e. The van der Waals surface area contributed by atoms with Crippen molar-refractivity contribution < 1.29 is 5.11 Å². The molecule has 3 aromatic rings. The Morgan fingerprint density at radius 2 is 2.00 bits per heavy atom. The van der Waals surface area contributed by atoms with E-state index in [2.05, 4.69) is 49.2 Å². The maximum absolute atomic E-state index is 10.2. The number of thiophene rings is 1. The molecular formula is C22H18BrN5OS. The van der Waals surface area contributed by atoms with Crippen molar-refractivity contribution >= 4 is 49.9 Å². The fourth-order valence-corrected chi connectivity index (χ4v) is 4.82. The summed E-state index contributed by atoms with van der Waals surface area (Å²) in [4.78, 5) is 7.95. The molecule has 4 rings (SSSR count). The Morgan fingerprint density at radius 3 is 2.77 bits per heavy atom. The lowest BCUT2D eigenvalue weighted by molar-refractivity contribution is 0.317. The Labute approximate surface area is 187 Å². The molecule has 0 radical (unpaired) electrons. The van der Waals surface area contributed by atoms with Crippen LogP contribution in [0.4, 0.5) is 16.4 Å². The van der Waals surface area contributed by atoms with E-state index in [0.717, 1.165) is 35.2 Å². The number of aliphatic imine (C=N–C) groups is 1. The topological polar surface area (TPSA) is 84.3 Å². The van der Waals surface area contributed by atoms with E-state index in [1.54, 1.807) is 24.4 Å². The Hall–Kier alpha value is -2.86. The predicted octanol–water partition coefficient (Wildman–Crippen LogP) is 6.24. The molecule has 0 spiro atoms. The molecule has 2 heterocycles. The van der Waals surface area contributed by atoms with Crippen molar-refractivity contribution in [3.8, 4) is 11.8 Å². The third-order valence-corrected chi connectivity index (χ3v) is 6.38. The minimum atomic E-state index is 0.0970. The molecule has 1 aliphatic rings. The highest BCUT2D eigenvalue weighted by molar-refractivity contribution is 9.10. The van der Waals surface area contributed by atoms with E-state index < -0.39 is 0 Å². The maximum atomic E-state index is 10.2. The second-order valence-corrected chi connectivity index (χ2v) is 8.96. The number of likely N-dealkylation sites (N-methyl/N-ethyl adjacent to an activating group) is 1. The van der Waals surface area contributed by atoms with Gasteiger partial charge in [0.05, 0.1) is 16.9 Å². The van der Waals surface area contributed by atoms with E-state index in [-0.39, 0.29) is 5.75 Å². The standard InChI is InChI=1S/C22H18BrN5OS/c1-28-8-7-18-19(11-24)22(30-21(18)13-28)25-12-14-9-17(5-6-20(14)29)27-26-16-4-2-3-15(23)10-16/h2-6,9-10,12,29H,7-8,13H2,1H3/b25-12+,27-26?. The monoisotopic (exact) mass is 479 g/mol. The molecule has 0 amide bonds. The molecule has 8 heteroatoms. The fraction of sp³-hybridized carbons (Fsp3) is 0.182. The minimum Gasteiger partial charge on any atom is -0.507 e. The maximum Gasteiger partial charge on any atom is 0.134 e. The summed E-state index contributed by atoms with van der Waals surface area (Å²) in [5.41, 5.74) is 3.59. The molecule has 30 heavy (non-hydrogen) atoms. The van der Waals surface area contributed by atoms with E-state index in [1.165, 1.54) is 16.2 Å². The summed E-state index contributed by atoms with van der Waals surface area (Å²) in [6.07, 6.45) is 2.44. The number of nitrogens with zero attached hydrogens (tertiary/aromatic N) is 5. The molecule has 0 bridgehead atoms. The average Bonchev–Trinajstić information content (AvgIpc) is 3.08. The van der Waals surface area contributed by atoms with Crippen molar-refractivity contribution in [3.05, 3.63) is 68.5 Å². The molecule has 150 valence electrons. The molecule has 2 aromatic carbocycles. The third kappa shape index (κ3) is 4.49. The number of hydrogen-bond acceptors (Lipinski definition) is 7. The summed E-state index contributed by atoms with van der Waals surface area (Å²) >= 11 is 4.95. The van der Waals surface area contributed by atoms with Gasteiger partial charge in [0.1, 0.15) is 16.8 Å². The number of rotatable bonds is 4. The molecule has 0 fully saturated rings. The number of aromatic hydroxyl groups is 1. The van der Waals surface area contributed by atoms with Crippen LogP contribution in [-0.4, -0.2) is 29.8 Å². The van der Waals surface area contributed by atoms with Crippen LogP contribution in [0.15, 0.2) is 62.2 Å². The molecule has 0 saturated heterocycles. The zero-order valence-corrected chi connectivity index (χ0v) is 18.6. The number of fused-ring (bicyclic) bond motifs is 1.